The van der Waals surface area contributed by atoms with Crippen LogP contribution in [0.3, 0.4) is 0 Å². The molecular weight excluding hydrogens is 426 g/mol. The molecule has 1 aliphatic rings. The topological polar surface area (TPSA) is 56.1 Å². The number of esters is 1. The lowest BCUT2D eigenvalue weighted by atomic mass is 9.92. The minimum absolute atomic E-state index is 0.133. The quantitative estimate of drug-likeness (QED) is 0.417. The maximum absolute atomic E-state index is 12.4. The zero-order valence-electron chi connectivity index (χ0n) is 21.1. The number of benzene rings is 1. The van der Waals surface area contributed by atoms with Gasteiger partial charge in [-0.15, -0.1) is 0 Å². The van der Waals surface area contributed by atoms with Crippen molar-refractivity contribution in [1.82, 2.24) is 9.61 Å². The van der Waals surface area contributed by atoms with Gasteiger partial charge in [0.25, 0.3) is 0 Å². The molecular formula is C28H37N3O3. The van der Waals surface area contributed by atoms with E-state index in [0.29, 0.717) is 19.6 Å². The van der Waals surface area contributed by atoms with Gasteiger partial charge in [0.2, 0.25) is 0 Å². The van der Waals surface area contributed by atoms with Gasteiger partial charge in [-0.05, 0) is 70.2 Å². The van der Waals surface area contributed by atoms with E-state index < -0.39 is 5.60 Å². The summed E-state index contributed by atoms with van der Waals surface area (Å²) in [7, 11) is 0. The molecule has 0 radical (unpaired) electrons. The summed E-state index contributed by atoms with van der Waals surface area (Å²) in [5.41, 5.74) is 5.18. The third-order valence-corrected chi connectivity index (χ3v) is 6.33. The van der Waals surface area contributed by atoms with Crippen LogP contribution < -0.4 is 4.90 Å². The Hall–Kier alpha value is -2.86. The molecule has 3 aromatic rings. The van der Waals surface area contributed by atoms with Crippen LogP contribution in [0.4, 0.5) is 5.82 Å². The summed E-state index contributed by atoms with van der Waals surface area (Å²) in [6.45, 7) is 13.1. The summed E-state index contributed by atoms with van der Waals surface area (Å²) < 4.78 is 13.2. The second-order valence-electron chi connectivity index (χ2n) is 10.2. The van der Waals surface area contributed by atoms with E-state index in [4.69, 9.17) is 14.6 Å². The van der Waals surface area contributed by atoms with Crippen molar-refractivity contribution in [2.45, 2.75) is 65.4 Å². The summed E-state index contributed by atoms with van der Waals surface area (Å²) in [6, 6.07) is 15.2. The Balaban J connectivity index is 1.68. The average molecular weight is 464 g/mol. The molecule has 1 saturated heterocycles. The minimum atomic E-state index is -0.453. The molecule has 4 rings (SSSR count). The first-order chi connectivity index (χ1) is 16.2. The number of hydrogen-bond acceptors (Lipinski definition) is 5. The van der Waals surface area contributed by atoms with Crippen molar-refractivity contribution in [3.8, 4) is 11.3 Å². The summed E-state index contributed by atoms with van der Waals surface area (Å²) in [5.74, 6) is 1.23. The van der Waals surface area contributed by atoms with E-state index in [0.717, 1.165) is 48.5 Å². The molecule has 1 fully saturated rings. The van der Waals surface area contributed by atoms with Gasteiger partial charge in [-0.25, -0.2) is 4.52 Å². The van der Waals surface area contributed by atoms with Crippen LogP contribution in [0.25, 0.3) is 16.8 Å². The monoisotopic (exact) mass is 463 g/mol. The molecule has 0 saturated carbocycles. The van der Waals surface area contributed by atoms with Gasteiger partial charge in [-0.2, -0.15) is 5.10 Å². The Morgan fingerprint density at radius 2 is 1.82 bits per heavy atom. The Kier molecular flexibility index (Phi) is 7.27. The molecule has 182 valence electrons. The highest BCUT2D eigenvalue weighted by Gasteiger charge is 2.22. The largest absolute Gasteiger partial charge is 0.460 e. The lowest BCUT2D eigenvalue weighted by Gasteiger charge is -2.30. The Morgan fingerprint density at radius 1 is 1.12 bits per heavy atom. The number of ether oxygens (including phenoxy) is 2. The second kappa shape index (κ2) is 10.2. The molecule has 6 heteroatoms. The second-order valence-corrected chi connectivity index (χ2v) is 10.2. The van der Waals surface area contributed by atoms with Gasteiger partial charge in [-0.3, -0.25) is 4.79 Å². The third-order valence-electron chi connectivity index (χ3n) is 6.33. The molecule has 0 spiro atoms. The van der Waals surface area contributed by atoms with Gasteiger partial charge in [-0.1, -0.05) is 36.8 Å². The molecule has 1 atom stereocenters. The maximum Gasteiger partial charge on any atom is 0.306 e. The van der Waals surface area contributed by atoms with Crippen molar-refractivity contribution in [3.63, 3.8) is 0 Å². The number of hydrogen-bond donors (Lipinski definition) is 0. The van der Waals surface area contributed by atoms with E-state index in [-0.39, 0.29) is 11.9 Å². The van der Waals surface area contributed by atoms with E-state index >= 15 is 0 Å². The minimum Gasteiger partial charge on any atom is -0.460 e. The molecule has 0 N–H and O–H groups in total. The number of morpholine rings is 1. The third kappa shape index (κ3) is 5.79. The first-order valence-electron chi connectivity index (χ1n) is 12.4. The zero-order chi connectivity index (χ0) is 24.3. The van der Waals surface area contributed by atoms with Crippen LogP contribution in [0.2, 0.25) is 0 Å². The van der Waals surface area contributed by atoms with Gasteiger partial charge in [0.15, 0.2) is 0 Å². The molecule has 0 amide bonds. The molecule has 1 unspecified atom stereocenters. The first-order valence-corrected chi connectivity index (χ1v) is 12.4. The van der Waals surface area contributed by atoms with Crippen molar-refractivity contribution in [1.29, 1.82) is 0 Å². The molecule has 0 aliphatic carbocycles. The average Bonchev–Trinajstić information content (AvgIpc) is 3.23. The van der Waals surface area contributed by atoms with Crippen LogP contribution in [0.15, 0.2) is 42.5 Å². The summed E-state index contributed by atoms with van der Waals surface area (Å²) in [6.07, 6.45) is 2.14. The predicted molar refractivity (Wildman–Crippen MR) is 137 cm³/mol. The molecule has 34 heavy (non-hydrogen) atoms. The van der Waals surface area contributed by atoms with Crippen molar-refractivity contribution in [2.75, 3.05) is 31.2 Å². The van der Waals surface area contributed by atoms with Gasteiger partial charge in [0, 0.05) is 25.1 Å². The number of fused-ring (bicyclic) bond motifs is 1. The summed E-state index contributed by atoms with van der Waals surface area (Å²) in [4.78, 5) is 14.7. The fraction of sp³-hybridized carbons (Fsp3) is 0.500. The van der Waals surface area contributed by atoms with Gasteiger partial charge in [0.05, 0.1) is 24.4 Å². The fourth-order valence-electron chi connectivity index (χ4n) is 4.51. The van der Waals surface area contributed by atoms with Crippen LogP contribution in [-0.2, 0) is 14.3 Å². The molecule has 0 bridgehead atoms. The number of aryl methyl sites for hydroxylation is 1. The van der Waals surface area contributed by atoms with Crippen LogP contribution in [0.5, 0.6) is 0 Å². The molecule has 2 aromatic heterocycles. The number of rotatable bonds is 7. The number of anilines is 1. The number of pyridine rings is 1. The van der Waals surface area contributed by atoms with Crippen molar-refractivity contribution >= 4 is 17.3 Å². The van der Waals surface area contributed by atoms with Gasteiger partial charge >= 0.3 is 5.97 Å². The first kappa shape index (κ1) is 24.3. The SMILES string of the molecule is CCC(CCC(=O)OC(C)(C)C)c1cc(N2CCOCC2)n2nc(-c3ccc(C)cc3)cc2c1. The number of carbonyl (C=O) groups is 1. The van der Waals surface area contributed by atoms with Crippen molar-refractivity contribution in [2.24, 2.45) is 0 Å². The summed E-state index contributed by atoms with van der Waals surface area (Å²) in [5, 5.41) is 4.99. The molecule has 6 nitrogen and oxygen atoms in total. The van der Waals surface area contributed by atoms with Gasteiger partial charge < -0.3 is 14.4 Å². The standard InChI is InChI=1S/C28H37N3O3/c1-6-21(11-12-27(32)34-28(3,4)5)23-17-24-19-25(22-9-7-20(2)8-10-22)29-31(24)26(18-23)30-13-15-33-16-14-30/h7-10,17-19,21H,6,11-16H2,1-5H3. The predicted octanol–water partition coefficient (Wildman–Crippen LogP) is 5.76. The smallest absolute Gasteiger partial charge is 0.306 e. The Bertz CT molecular complexity index is 1120. The summed E-state index contributed by atoms with van der Waals surface area (Å²) >= 11 is 0. The number of carbonyl (C=O) groups excluding carboxylic acids is 1. The van der Waals surface area contributed by atoms with E-state index in [1.165, 1.54) is 11.1 Å². The highest BCUT2D eigenvalue weighted by atomic mass is 16.6. The normalized spacial score (nSPS) is 15.5. The van der Waals surface area contributed by atoms with Crippen LogP contribution in [-0.4, -0.2) is 47.5 Å². The zero-order valence-corrected chi connectivity index (χ0v) is 21.1. The van der Waals surface area contributed by atoms with E-state index in [1.807, 2.05) is 20.8 Å². The Labute approximate surface area is 202 Å². The lowest BCUT2D eigenvalue weighted by molar-refractivity contribution is -0.155. The van der Waals surface area contributed by atoms with Crippen LogP contribution in [0, 0.1) is 6.92 Å². The molecule has 1 aromatic carbocycles. The van der Waals surface area contributed by atoms with Crippen LogP contribution in [0.1, 0.15) is 64.0 Å². The van der Waals surface area contributed by atoms with Crippen LogP contribution >= 0.6 is 0 Å². The highest BCUT2D eigenvalue weighted by Crippen LogP contribution is 2.32. The lowest BCUT2D eigenvalue weighted by Crippen LogP contribution is -2.37. The van der Waals surface area contributed by atoms with E-state index in [1.54, 1.807) is 0 Å². The number of nitrogens with zero attached hydrogens (tertiary/aromatic N) is 3. The van der Waals surface area contributed by atoms with Gasteiger partial charge in [0.1, 0.15) is 11.4 Å². The molecule has 1 aliphatic heterocycles. The Morgan fingerprint density at radius 3 is 2.47 bits per heavy atom. The van der Waals surface area contributed by atoms with Crippen molar-refractivity contribution in [3.05, 3.63) is 53.6 Å². The van der Waals surface area contributed by atoms with E-state index in [9.17, 15) is 4.79 Å². The fourth-order valence-corrected chi connectivity index (χ4v) is 4.51. The molecule has 3 heterocycles. The maximum atomic E-state index is 12.4. The number of aromatic nitrogens is 2. The highest BCUT2D eigenvalue weighted by molar-refractivity contribution is 5.71. The van der Waals surface area contributed by atoms with Crippen molar-refractivity contribution < 1.29 is 14.3 Å². The van der Waals surface area contributed by atoms with E-state index in [2.05, 4.69) is 65.7 Å².